The van der Waals surface area contributed by atoms with Crippen molar-refractivity contribution in [1.82, 2.24) is 4.90 Å². The van der Waals surface area contributed by atoms with Gasteiger partial charge in [0.1, 0.15) is 5.75 Å². The molecule has 136 valence electrons. The van der Waals surface area contributed by atoms with Crippen LogP contribution in [0, 0.1) is 0 Å². The number of carbonyl (C=O) groups is 2. The van der Waals surface area contributed by atoms with Crippen molar-refractivity contribution in [3.05, 3.63) is 23.8 Å². The van der Waals surface area contributed by atoms with Crippen molar-refractivity contribution in [2.45, 2.75) is 19.4 Å². The highest BCUT2D eigenvalue weighted by atomic mass is 35.5. The van der Waals surface area contributed by atoms with Crippen LogP contribution in [0.5, 0.6) is 5.75 Å². The standard InChI is InChI=1S/C18H23ClN2O4/c1-18(2)17(23)21(6-5-20-7-9-24-10-8-20)14-11-13(15(22)12-19)3-4-16(14)25-18/h3-4,11H,5-10,12H2,1-2H3. The van der Waals surface area contributed by atoms with Gasteiger partial charge in [0.05, 0.1) is 24.8 Å². The molecular formula is C18H23ClN2O4. The molecule has 2 heterocycles. The van der Waals surface area contributed by atoms with E-state index < -0.39 is 5.60 Å². The van der Waals surface area contributed by atoms with Crippen molar-refractivity contribution in [2.75, 3.05) is 50.2 Å². The SMILES string of the molecule is CC1(C)Oc2ccc(C(=O)CCl)cc2N(CCN2CCOCC2)C1=O. The number of alkyl halides is 1. The molecule has 0 bridgehead atoms. The molecule has 1 aromatic rings. The van der Waals surface area contributed by atoms with Gasteiger partial charge in [-0.3, -0.25) is 14.5 Å². The topological polar surface area (TPSA) is 59.1 Å². The summed E-state index contributed by atoms with van der Waals surface area (Å²) in [4.78, 5) is 28.8. The predicted octanol–water partition coefficient (Wildman–Crippen LogP) is 1.94. The van der Waals surface area contributed by atoms with Crippen LogP contribution in [0.2, 0.25) is 0 Å². The maximum Gasteiger partial charge on any atom is 0.270 e. The Kier molecular flexibility index (Phi) is 5.32. The Hall–Kier alpha value is -1.63. The van der Waals surface area contributed by atoms with Gasteiger partial charge in [-0.05, 0) is 32.0 Å². The minimum absolute atomic E-state index is 0.0904. The molecule has 0 saturated carbocycles. The van der Waals surface area contributed by atoms with E-state index in [2.05, 4.69) is 4.90 Å². The van der Waals surface area contributed by atoms with E-state index in [1.54, 1.807) is 36.9 Å². The van der Waals surface area contributed by atoms with Crippen LogP contribution in [0.15, 0.2) is 18.2 Å². The zero-order valence-corrected chi connectivity index (χ0v) is 15.3. The summed E-state index contributed by atoms with van der Waals surface area (Å²) >= 11 is 5.66. The number of hydrogen-bond acceptors (Lipinski definition) is 5. The first-order valence-electron chi connectivity index (χ1n) is 8.46. The summed E-state index contributed by atoms with van der Waals surface area (Å²) in [5, 5.41) is 0. The average Bonchev–Trinajstić information content (AvgIpc) is 2.62. The lowest BCUT2D eigenvalue weighted by molar-refractivity contribution is -0.132. The van der Waals surface area contributed by atoms with Gasteiger partial charge in [-0.1, -0.05) is 0 Å². The Bertz CT molecular complexity index is 671. The second-order valence-electron chi connectivity index (χ2n) is 6.76. The highest BCUT2D eigenvalue weighted by molar-refractivity contribution is 6.30. The molecule has 0 radical (unpaired) electrons. The molecule has 25 heavy (non-hydrogen) atoms. The Labute approximate surface area is 152 Å². The first kappa shape index (κ1) is 18.2. The molecule has 0 aromatic heterocycles. The molecule has 3 rings (SSSR count). The maximum atomic E-state index is 12.9. The van der Waals surface area contributed by atoms with E-state index in [9.17, 15) is 9.59 Å². The van der Waals surface area contributed by atoms with Gasteiger partial charge in [0, 0.05) is 31.7 Å². The zero-order valence-electron chi connectivity index (χ0n) is 14.6. The minimum atomic E-state index is -0.935. The van der Waals surface area contributed by atoms with E-state index in [1.165, 1.54) is 0 Å². The quantitative estimate of drug-likeness (QED) is 0.589. The Morgan fingerprint density at radius 2 is 1.96 bits per heavy atom. The molecule has 0 aliphatic carbocycles. The molecule has 1 saturated heterocycles. The molecule has 1 amide bonds. The number of nitrogens with zero attached hydrogens (tertiary/aromatic N) is 2. The summed E-state index contributed by atoms with van der Waals surface area (Å²) in [7, 11) is 0. The molecule has 0 unspecified atom stereocenters. The van der Waals surface area contributed by atoms with Crippen LogP contribution in [0.4, 0.5) is 5.69 Å². The van der Waals surface area contributed by atoms with Gasteiger partial charge in [-0.25, -0.2) is 0 Å². The first-order valence-corrected chi connectivity index (χ1v) is 9.00. The number of halogens is 1. The van der Waals surface area contributed by atoms with Gasteiger partial charge >= 0.3 is 0 Å². The van der Waals surface area contributed by atoms with Gasteiger partial charge in [-0.15, -0.1) is 11.6 Å². The van der Waals surface area contributed by atoms with E-state index in [1.807, 2.05) is 0 Å². The molecule has 6 nitrogen and oxygen atoms in total. The molecule has 2 aliphatic rings. The first-order chi connectivity index (χ1) is 11.9. The zero-order chi connectivity index (χ0) is 18.0. The van der Waals surface area contributed by atoms with Gasteiger partial charge in [0.25, 0.3) is 5.91 Å². The molecular weight excluding hydrogens is 344 g/mol. The van der Waals surface area contributed by atoms with Crippen LogP contribution >= 0.6 is 11.6 Å². The molecule has 1 aromatic carbocycles. The van der Waals surface area contributed by atoms with Crippen LogP contribution in [0.1, 0.15) is 24.2 Å². The van der Waals surface area contributed by atoms with E-state index in [-0.39, 0.29) is 17.6 Å². The molecule has 1 fully saturated rings. The number of carbonyl (C=O) groups excluding carboxylic acids is 2. The van der Waals surface area contributed by atoms with E-state index >= 15 is 0 Å². The molecule has 7 heteroatoms. The number of fused-ring (bicyclic) bond motifs is 1. The van der Waals surface area contributed by atoms with E-state index in [0.717, 1.165) is 19.6 Å². The lowest BCUT2D eigenvalue weighted by Gasteiger charge is -2.40. The number of Topliss-reactive ketones (excluding diaryl/α,β-unsaturated/α-hetero) is 1. The van der Waals surface area contributed by atoms with Gasteiger partial charge < -0.3 is 14.4 Å². The number of anilines is 1. The van der Waals surface area contributed by atoms with Crippen molar-refractivity contribution in [2.24, 2.45) is 0 Å². The van der Waals surface area contributed by atoms with Crippen LogP contribution in [0.25, 0.3) is 0 Å². The summed E-state index contributed by atoms with van der Waals surface area (Å²) in [5.74, 6) is 0.240. The number of morpholine rings is 1. The molecule has 0 N–H and O–H groups in total. The molecule has 2 aliphatic heterocycles. The summed E-state index contributed by atoms with van der Waals surface area (Å²) < 4.78 is 11.2. The fourth-order valence-electron chi connectivity index (χ4n) is 3.11. The lowest BCUT2D eigenvalue weighted by Crippen LogP contribution is -2.54. The Balaban J connectivity index is 1.86. The van der Waals surface area contributed by atoms with Crippen LogP contribution in [-0.4, -0.2) is 67.5 Å². The fourth-order valence-corrected chi connectivity index (χ4v) is 3.26. The number of hydrogen-bond donors (Lipinski definition) is 0. The van der Waals surface area contributed by atoms with Gasteiger partial charge in [0.2, 0.25) is 0 Å². The third-order valence-corrected chi connectivity index (χ3v) is 4.80. The van der Waals surface area contributed by atoms with E-state index in [4.69, 9.17) is 21.1 Å². The van der Waals surface area contributed by atoms with Crippen molar-refractivity contribution < 1.29 is 19.1 Å². The predicted molar refractivity (Wildman–Crippen MR) is 95.8 cm³/mol. The lowest BCUT2D eigenvalue weighted by atomic mass is 10.0. The van der Waals surface area contributed by atoms with Crippen molar-refractivity contribution in [3.63, 3.8) is 0 Å². The highest BCUT2D eigenvalue weighted by Gasteiger charge is 2.41. The third kappa shape index (κ3) is 3.81. The summed E-state index contributed by atoms with van der Waals surface area (Å²) in [6.07, 6.45) is 0. The summed E-state index contributed by atoms with van der Waals surface area (Å²) in [6, 6.07) is 5.13. The highest BCUT2D eigenvalue weighted by Crippen LogP contribution is 2.38. The minimum Gasteiger partial charge on any atom is -0.476 e. The number of amides is 1. The Morgan fingerprint density at radius 3 is 2.64 bits per heavy atom. The smallest absolute Gasteiger partial charge is 0.270 e. The number of ether oxygens (including phenoxy) is 2. The Morgan fingerprint density at radius 1 is 1.24 bits per heavy atom. The molecule has 0 spiro atoms. The van der Waals surface area contributed by atoms with Crippen molar-refractivity contribution in [1.29, 1.82) is 0 Å². The third-order valence-electron chi connectivity index (χ3n) is 4.56. The second kappa shape index (κ2) is 7.32. The van der Waals surface area contributed by atoms with Crippen LogP contribution in [-0.2, 0) is 9.53 Å². The number of rotatable bonds is 5. The van der Waals surface area contributed by atoms with Crippen LogP contribution in [0.3, 0.4) is 0 Å². The van der Waals surface area contributed by atoms with Gasteiger partial charge in [-0.2, -0.15) is 0 Å². The second-order valence-corrected chi connectivity index (χ2v) is 7.03. The average molecular weight is 367 g/mol. The maximum absolute atomic E-state index is 12.9. The fraction of sp³-hybridized carbons (Fsp3) is 0.556. The van der Waals surface area contributed by atoms with Crippen molar-refractivity contribution >= 4 is 29.0 Å². The molecule has 0 atom stereocenters. The monoisotopic (exact) mass is 366 g/mol. The summed E-state index contributed by atoms with van der Waals surface area (Å²) in [5.41, 5.74) is 0.186. The normalized spacial score (nSPS) is 20.1. The van der Waals surface area contributed by atoms with Crippen molar-refractivity contribution in [3.8, 4) is 5.75 Å². The number of benzene rings is 1. The summed E-state index contributed by atoms with van der Waals surface area (Å²) in [6.45, 7) is 7.96. The van der Waals surface area contributed by atoms with E-state index in [0.29, 0.717) is 36.8 Å². The van der Waals surface area contributed by atoms with Gasteiger partial charge in [0.15, 0.2) is 11.4 Å². The van der Waals surface area contributed by atoms with Crippen LogP contribution < -0.4 is 9.64 Å². The largest absolute Gasteiger partial charge is 0.476 e. The number of ketones is 1.